The molecule has 6 nitrogen and oxygen atoms in total. The zero-order chi connectivity index (χ0) is 21.4. The summed E-state index contributed by atoms with van der Waals surface area (Å²) in [7, 11) is 1.56. The van der Waals surface area contributed by atoms with Crippen LogP contribution in [0.5, 0.6) is 5.75 Å². The number of nitrogens with zero attached hydrogens (tertiary/aromatic N) is 2. The maximum atomic E-state index is 13.1. The smallest absolute Gasteiger partial charge is 0.336 e. The van der Waals surface area contributed by atoms with Gasteiger partial charge >= 0.3 is 5.63 Å². The molecule has 0 saturated heterocycles. The fourth-order valence-corrected chi connectivity index (χ4v) is 5.38. The highest BCUT2D eigenvalue weighted by molar-refractivity contribution is 7.98. The van der Waals surface area contributed by atoms with E-state index in [1.54, 1.807) is 23.8 Å². The average molecular weight is 441 g/mol. The summed E-state index contributed by atoms with van der Waals surface area (Å²) in [5, 5.41) is 2.09. The number of allylic oxidation sites excluding steroid dienone is 1. The van der Waals surface area contributed by atoms with E-state index in [4.69, 9.17) is 14.1 Å². The lowest BCUT2D eigenvalue weighted by Crippen LogP contribution is -2.22. The van der Waals surface area contributed by atoms with Crippen LogP contribution in [0.2, 0.25) is 0 Å². The molecule has 30 heavy (non-hydrogen) atoms. The standard InChI is InChI=1S/C22H20N2O4S2/c1-5-8-24-21(26)19-12(2)13(3)30-20(19)23-22(24)29-11-14-9-18(25)28-17-10-15(27-4)6-7-16(14)17/h5-7,9-10H,1,8,11H2,2-4H3. The highest BCUT2D eigenvalue weighted by atomic mass is 32.2. The summed E-state index contributed by atoms with van der Waals surface area (Å²) < 4.78 is 12.2. The van der Waals surface area contributed by atoms with E-state index in [2.05, 4.69) is 6.58 Å². The minimum Gasteiger partial charge on any atom is -0.497 e. The molecule has 154 valence electrons. The van der Waals surface area contributed by atoms with Gasteiger partial charge in [-0.15, -0.1) is 17.9 Å². The third kappa shape index (κ3) is 3.57. The normalized spacial score (nSPS) is 11.3. The molecule has 0 atom stereocenters. The number of thioether (sulfide) groups is 1. The Hall–Kier alpha value is -2.84. The summed E-state index contributed by atoms with van der Waals surface area (Å²) in [4.78, 5) is 31.7. The molecular formula is C22H20N2O4S2. The van der Waals surface area contributed by atoms with E-state index in [1.807, 2.05) is 26.0 Å². The molecule has 4 rings (SSSR count). The van der Waals surface area contributed by atoms with Crippen molar-refractivity contribution in [2.75, 3.05) is 7.11 Å². The van der Waals surface area contributed by atoms with Crippen molar-refractivity contribution in [1.29, 1.82) is 0 Å². The first kappa shape index (κ1) is 20.4. The first-order valence-corrected chi connectivity index (χ1v) is 11.1. The maximum absolute atomic E-state index is 13.1. The molecule has 0 unspecified atom stereocenters. The highest BCUT2D eigenvalue weighted by Crippen LogP contribution is 2.31. The van der Waals surface area contributed by atoms with Gasteiger partial charge < -0.3 is 9.15 Å². The molecule has 3 heterocycles. The second-order valence-corrected chi connectivity index (χ2v) is 8.95. The van der Waals surface area contributed by atoms with Crippen LogP contribution in [0.1, 0.15) is 16.0 Å². The van der Waals surface area contributed by atoms with Gasteiger partial charge in [0.05, 0.1) is 12.5 Å². The fourth-order valence-electron chi connectivity index (χ4n) is 3.31. The van der Waals surface area contributed by atoms with Gasteiger partial charge in [0.2, 0.25) is 0 Å². The molecule has 8 heteroatoms. The Balaban J connectivity index is 1.78. The molecule has 0 bridgehead atoms. The second-order valence-electron chi connectivity index (χ2n) is 6.80. The Kier molecular flexibility index (Phi) is 5.53. The van der Waals surface area contributed by atoms with E-state index in [-0.39, 0.29) is 5.56 Å². The van der Waals surface area contributed by atoms with Crippen LogP contribution in [0, 0.1) is 13.8 Å². The van der Waals surface area contributed by atoms with Crippen LogP contribution in [0.25, 0.3) is 21.2 Å². The zero-order valence-corrected chi connectivity index (χ0v) is 18.5. The molecule has 0 saturated carbocycles. The molecule has 0 aliphatic heterocycles. The number of aryl methyl sites for hydroxylation is 2. The van der Waals surface area contributed by atoms with Crippen molar-refractivity contribution in [2.45, 2.75) is 31.3 Å². The topological polar surface area (TPSA) is 74.3 Å². The van der Waals surface area contributed by atoms with Crippen LogP contribution in [0.15, 0.2) is 56.1 Å². The molecule has 0 fully saturated rings. The lowest BCUT2D eigenvalue weighted by Gasteiger charge is -2.11. The van der Waals surface area contributed by atoms with Gasteiger partial charge in [-0.25, -0.2) is 9.78 Å². The molecule has 0 amide bonds. The van der Waals surface area contributed by atoms with Crippen molar-refractivity contribution in [2.24, 2.45) is 0 Å². The SMILES string of the molecule is C=CCn1c(SCc2cc(=O)oc3cc(OC)ccc23)nc2sc(C)c(C)c2c1=O. The van der Waals surface area contributed by atoms with Crippen LogP contribution in [-0.2, 0) is 12.3 Å². The molecule has 0 N–H and O–H groups in total. The molecule has 4 aromatic rings. The minimum atomic E-state index is -0.428. The van der Waals surface area contributed by atoms with Gasteiger partial charge in [-0.05, 0) is 37.1 Å². The van der Waals surface area contributed by atoms with Crippen LogP contribution in [0.3, 0.4) is 0 Å². The third-order valence-corrected chi connectivity index (χ3v) is 7.09. The predicted octanol–water partition coefficient (Wildman–Crippen LogP) is 4.67. The lowest BCUT2D eigenvalue weighted by molar-refractivity contribution is 0.414. The van der Waals surface area contributed by atoms with Crippen molar-refractivity contribution in [3.63, 3.8) is 0 Å². The second kappa shape index (κ2) is 8.12. The van der Waals surface area contributed by atoms with Crippen LogP contribution in [0.4, 0.5) is 0 Å². The molecular weight excluding hydrogens is 420 g/mol. The number of hydrogen-bond acceptors (Lipinski definition) is 7. The maximum Gasteiger partial charge on any atom is 0.336 e. The Morgan fingerprint density at radius 2 is 2.10 bits per heavy atom. The Labute approximate surface area is 180 Å². The van der Waals surface area contributed by atoms with Gasteiger partial charge in [0, 0.05) is 34.7 Å². The summed E-state index contributed by atoms with van der Waals surface area (Å²) in [6.45, 7) is 8.09. The van der Waals surface area contributed by atoms with Gasteiger partial charge in [0.1, 0.15) is 16.2 Å². The summed E-state index contributed by atoms with van der Waals surface area (Å²) >= 11 is 2.94. The minimum absolute atomic E-state index is 0.0635. The number of fused-ring (bicyclic) bond motifs is 2. The van der Waals surface area contributed by atoms with Gasteiger partial charge in [0.15, 0.2) is 5.16 Å². The van der Waals surface area contributed by atoms with Gasteiger partial charge in [-0.2, -0.15) is 0 Å². The summed E-state index contributed by atoms with van der Waals surface area (Å²) in [6.07, 6.45) is 1.69. The van der Waals surface area contributed by atoms with E-state index in [0.717, 1.165) is 26.2 Å². The van der Waals surface area contributed by atoms with Crippen LogP contribution >= 0.6 is 23.1 Å². The summed E-state index contributed by atoms with van der Waals surface area (Å²) in [5.74, 6) is 1.08. The van der Waals surface area contributed by atoms with E-state index in [0.29, 0.717) is 34.2 Å². The molecule has 0 aliphatic carbocycles. The number of benzene rings is 1. The predicted molar refractivity (Wildman–Crippen MR) is 122 cm³/mol. The number of thiophene rings is 1. The fraction of sp³-hybridized carbons (Fsp3) is 0.227. The van der Waals surface area contributed by atoms with E-state index in [9.17, 15) is 9.59 Å². The average Bonchev–Trinajstić information content (AvgIpc) is 3.01. The molecule has 0 radical (unpaired) electrons. The van der Waals surface area contributed by atoms with Gasteiger partial charge in [-0.3, -0.25) is 9.36 Å². The first-order valence-electron chi connectivity index (χ1n) is 9.28. The number of hydrogen-bond donors (Lipinski definition) is 0. The number of aromatic nitrogens is 2. The van der Waals surface area contributed by atoms with Gasteiger partial charge in [-0.1, -0.05) is 17.8 Å². The lowest BCUT2D eigenvalue weighted by atomic mass is 10.1. The number of rotatable bonds is 6. The molecule has 1 aromatic carbocycles. The highest BCUT2D eigenvalue weighted by Gasteiger charge is 2.17. The number of ether oxygens (including phenoxy) is 1. The number of methoxy groups -OCH3 is 1. The van der Waals surface area contributed by atoms with Crippen molar-refractivity contribution < 1.29 is 9.15 Å². The van der Waals surface area contributed by atoms with E-state index >= 15 is 0 Å². The van der Waals surface area contributed by atoms with E-state index < -0.39 is 5.63 Å². The monoisotopic (exact) mass is 440 g/mol. The molecule has 3 aromatic heterocycles. The van der Waals surface area contributed by atoms with Crippen molar-refractivity contribution >= 4 is 44.3 Å². The Morgan fingerprint density at radius 3 is 2.83 bits per heavy atom. The molecule has 0 spiro atoms. The molecule has 0 aliphatic rings. The Morgan fingerprint density at radius 1 is 1.30 bits per heavy atom. The summed E-state index contributed by atoms with van der Waals surface area (Å²) in [5.41, 5.74) is 1.76. The zero-order valence-electron chi connectivity index (χ0n) is 16.9. The third-order valence-electron chi connectivity index (χ3n) is 4.96. The Bertz CT molecular complexity index is 1400. The largest absolute Gasteiger partial charge is 0.497 e. The van der Waals surface area contributed by atoms with Crippen molar-refractivity contribution in [1.82, 2.24) is 9.55 Å². The first-order chi connectivity index (χ1) is 14.4. The van der Waals surface area contributed by atoms with Crippen molar-refractivity contribution in [3.05, 3.63) is 73.7 Å². The van der Waals surface area contributed by atoms with Gasteiger partial charge in [0.25, 0.3) is 5.56 Å². The van der Waals surface area contributed by atoms with Crippen LogP contribution in [-0.4, -0.2) is 16.7 Å². The van der Waals surface area contributed by atoms with Crippen molar-refractivity contribution in [3.8, 4) is 5.75 Å². The summed E-state index contributed by atoms with van der Waals surface area (Å²) in [6, 6.07) is 6.87. The quantitative estimate of drug-likeness (QED) is 0.188. The van der Waals surface area contributed by atoms with Crippen LogP contribution < -0.4 is 15.9 Å². The van der Waals surface area contributed by atoms with E-state index in [1.165, 1.54) is 29.2 Å².